The van der Waals surface area contributed by atoms with Crippen molar-refractivity contribution in [2.45, 2.75) is 6.92 Å². The standard InChI is InChI=1S/C11H15NO3/c1-8-3-4-10(11(5-8)14-2)15-7-9(13)6-12/h3-5H,6-7,12H2,1-2H3. The summed E-state index contributed by atoms with van der Waals surface area (Å²) in [6.45, 7) is 1.93. The monoisotopic (exact) mass is 209 g/mol. The van der Waals surface area contributed by atoms with E-state index in [4.69, 9.17) is 15.2 Å². The molecule has 0 aliphatic carbocycles. The molecule has 0 bridgehead atoms. The highest BCUT2D eigenvalue weighted by molar-refractivity contribution is 5.81. The molecular formula is C11H15NO3. The van der Waals surface area contributed by atoms with Gasteiger partial charge >= 0.3 is 0 Å². The molecule has 0 atom stereocenters. The molecule has 0 fully saturated rings. The van der Waals surface area contributed by atoms with Crippen molar-refractivity contribution in [3.63, 3.8) is 0 Å². The van der Waals surface area contributed by atoms with E-state index in [1.807, 2.05) is 19.1 Å². The van der Waals surface area contributed by atoms with Crippen molar-refractivity contribution in [3.8, 4) is 11.5 Å². The summed E-state index contributed by atoms with van der Waals surface area (Å²) in [7, 11) is 1.56. The molecule has 4 heteroatoms. The van der Waals surface area contributed by atoms with Crippen molar-refractivity contribution >= 4 is 5.78 Å². The molecule has 0 aromatic heterocycles. The first-order valence-electron chi connectivity index (χ1n) is 4.66. The van der Waals surface area contributed by atoms with Crippen LogP contribution in [0.1, 0.15) is 5.56 Å². The molecule has 15 heavy (non-hydrogen) atoms. The lowest BCUT2D eigenvalue weighted by Gasteiger charge is -2.10. The number of Topliss-reactive ketones (excluding diaryl/α,β-unsaturated/α-hetero) is 1. The zero-order chi connectivity index (χ0) is 11.3. The topological polar surface area (TPSA) is 61.5 Å². The first-order chi connectivity index (χ1) is 7.17. The van der Waals surface area contributed by atoms with Crippen LogP contribution in [0, 0.1) is 6.92 Å². The summed E-state index contributed by atoms with van der Waals surface area (Å²) in [5.41, 5.74) is 6.24. The maximum atomic E-state index is 11.0. The minimum absolute atomic E-state index is 0.00578. The number of methoxy groups -OCH3 is 1. The second-order valence-corrected chi connectivity index (χ2v) is 3.19. The van der Waals surface area contributed by atoms with Crippen LogP contribution in [0.5, 0.6) is 11.5 Å². The van der Waals surface area contributed by atoms with E-state index in [9.17, 15) is 4.79 Å². The van der Waals surface area contributed by atoms with Gasteiger partial charge in [0.1, 0.15) is 6.61 Å². The highest BCUT2D eigenvalue weighted by Crippen LogP contribution is 2.27. The Bertz CT molecular complexity index is 350. The van der Waals surface area contributed by atoms with Crippen LogP contribution in [-0.2, 0) is 4.79 Å². The number of benzene rings is 1. The largest absolute Gasteiger partial charge is 0.493 e. The number of nitrogens with two attached hydrogens (primary N) is 1. The summed E-state index contributed by atoms with van der Waals surface area (Å²) in [4.78, 5) is 11.0. The Morgan fingerprint density at radius 2 is 2.13 bits per heavy atom. The van der Waals surface area contributed by atoms with Gasteiger partial charge in [-0.25, -0.2) is 0 Å². The van der Waals surface area contributed by atoms with Gasteiger partial charge < -0.3 is 15.2 Å². The third kappa shape index (κ3) is 3.25. The van der Waals surface area contributed by atoms with Crippen molar-refractivity contribution < 1.29 is 14.3 Å². The first kappa shape index (κ1) is 11.5. The predicted molar refractivity (Wildman–Crippen MR) is 57.3 cm³/mol. The molecule has 0 heterocycles. The Labute approximate surface area is 89.0 Å². The second-order valence-electron chi connectivity index (χ2n) is 3.19. The summed E-state index contributed by atoms with van der Waals surface area (Å²) in [5.74, 6) is 1.04. The minimum Gasteiger partial charge on any atom is -0.493 e. The number of carbonyl (C=O) groups is 1. The smallest absolute Gasteiger partial charge is 0.183 e. The van der Waals surface area contributed by atoms with Gasteiger partial charge in [-0.15, -0.1) is 0 Å². The highest BCUT2D eigenvalue weighted by atomic mass is 16.5. The van der Waals surface area contributed by atoms with Crippen LogP contribution in [0.3, 0.4) is 0 Å². The van der Waals surface area contributed by atoms with Crippen LogP contribution in [0.4, 0.5) is 0 Å². The zero-order valence-corrected chi connectivity index (χ0v) is 8.95. The molecule has 0 spiro atoms. The molecule has 82 valence electrons. The molecule has 0 unspecified atom stereocenters. The Morgan fingerprint density at radius 3 is 2.73 bits per heavy atom. The minimum atomic E-state index is -0.141. The fourth-order valence-corrected chi connectivity index (χ4v) is 1.11. The van der Waals surface area contributed by atoms with Crippen molar-refractivity contribution in [1.82, 2.24) is 0 Å². The van der Waals surface area contributed by atoms with Crippen molar-refractivity contribution in [1.29, 1.82) is 0 Å². The SMILES string of the molecule is COc1cc(C)ccc1OCC(=O)CN. The summed E-state index contributed by atoms with van der Waals surface area (Å²) < 4.78 is 10.4. The van der Waals surface area contributed by atoms with Crippen LogP contribution in [0.25, 0.3) is 0 Å². The van der Waals surface area contributed by atoms with Gasteiger partial charge in [-0.2, -0.15) is 0 Å². The van der Waals surface area contributed by atoms with Gasteiger partial charge in [0.2, 0.25) is 0 Å². The van der Waals surface area contributed by atoms with E-state index in [2.05, 4.69) is 0 Å². The molecule has 1 aromatic rings. The summed E-state index contributed by atoms with van der Waals surface area (Å²) in [6.07, 6.45) is 0. The number of ketones is 1. The zero-order valence-electron chi connectivity index (χ0n) is 8.95. The lowest BCUT2D eigenvalue weighted by Crippen LogP contribution is -2.20. The van der Waals surface area contributed by atoms with Gasteiger partial charge in [0, 0.05) is 0 Å². The summed E-state index contributed by atoms with van der Waals surface area (Å²) in [5, 5.41) is 0. The first-order valence-corrected chi connectivity index (χ1v) is 4.66. The molecule has 0 aliphatic heterocycles. The highest BCUT2D eigenvalue weighted by Gasteiger charge is 2.06. The molecule has 4 nitrogen and oxygen atoms in total. The molecular weight excluding hydrogens is 194 g/mol. The molecule has 0 saturated heterocycles. The number of rotatable bonds is 5. The quantitative estimate of drug-likeness (QED) is 0.783. The van der Waals surface area contributed by atoms with E-state index in [0.29, 0.717) is 11.5 Å². The lowest BCUT2D eigenvalue weighted by atomic mass is 10.2. The Balaban J connectivity index is 2.72. The third-order valence-electron chi connectivity index (χ3n) is 1.94. The molecule has 0 radical (unpaired) electrons. The summed E-state index contributed by atoms with van der Waals surface area (Å²) in [6, 6.07) is 5.52. The van der Waals surface area contributed by atoms with E-state index in [1.165, 1.54) is 0 Å². The van der Waals surface area contributed by atoms with Crippen LogP contribution < -0.4 is 15.2 Å². The van der Waals surface area contributed by atoms with E-state index < -0.39 is 0 Å². The Morgan fingerprint density at radius 1 is 1.40 bits per heavy atom. The van der Waals surface area contributed by atoms with E-state index in [0.717, 1.165) is 5.56 Å². The third-order valence-corrected chi connectivity index (χ3v) is 1.94. The van der Waals surface area contributed by atoms with Crippen LogP contribution in [0.15, 0.2) is 18.2 Å². The number of carbonyl (C=O) groups excluding carboxylic acids is 1. The Kier molecular flexibility index (Phi) is 4.12. The normalized spacial score (nSPS) is 9.80. The van der Waals surface area contributed by atoms with Crippen LogP contribution >= 0.6 is 0 Å². The molecule has 1 aromatic carbocycles. The Hall–Kier alpha value is -1.55. The van der Waals surface area contributed by atoms with E-state index >= 15 is 0 Å². The van der Waals surface area contributed by atoms with Gasteiger partial charge in [-0.05, 0) is 24.6 Å². The number of ether oxygens (including phenoxy) is 2. The van der Waals surface area contributed by atoms with Crippen LogP contribution in [0.2, 0.25) is 0 Å². The van der Waals surface area contributed by atoms with Crippen molar-refractivity contribution in [3.05, 3.63) is 23.8 Å². The van der Waals surface area contributed by atoms with Crippen molar-refractivity contribution in [2.75, 3.05) is 20.3 Å². The molecule has 0 saturated carbocycles. The average Bonchev–Trinajstić information content (AvgIpc) is 2.26. The summed E-state index contributed by atoms with van der Waals surface area (Å²) >= 11 is 0. The lowest BCUT2D eigenvalue weighted by molar-refractivity contribution is -0.119. The fourth-order valence-electron chi connectivity index (χ4n) is 1.11. The van der Waals surface area contributed by atoms with Gasteiger partial charge in [-0.3, -0.25) is 4.79 Å². The average molecular weight is 209 g/mol. The van der Waals surface area contributed by atoms with E-state index in [1.54, 1.807) is 13.2 Å². The molecule has 0 aliphatic rings. The van der Waals surface area contributed by atoms with Crippen molar-refractivity contribution in [2.24, 2.45) is 5.73 Å². The number of hydrogen-bond donors (Lipinski definition) is 1. The maximum Gasteiger partial charge on any atom is 0.183 e. The second kappa shape index (κ2) is 5.36. The molecule has 2 N–H and O–H groups in total. The van der Waals surface area contributed by atoms with E-state index in [-0.39, 0.29) is 18.9 Å². The molecule has 0 amide bonds. The van der Waals surface area contributed by atoms with Gasteiger partial charge in [0.15, 0.2) is 17.3 Å². The van der Waals surface area contributed by atoms with Gasteiger partial charge in [0.25, 0.3) is 0 Å². The van der Waals surface area contributed by atoms with Gasteiger partial charge in [0.05, 0.1) is 13.7 Å². The van der Waals surface area contributed by atoms with Crippen LogP contribution in [-0.4, -0.2) is 26.0 Å². The maximum absolute atomic E-state index is 11.0. The molecule has 1 rings (SSSR count). The number of hydrogen-bond acceptors (Lipinski definition) is 4. The number of aryl methyl sites for hydroxylation is 1. The fraction of sp³-hybridized carbons (Fsp3) is 0.364. The van der Waals surface area contributed by atoms with Gasteiger partial charge in [-0.1, -0.05) is 6.07 Å². The predicted octanol–water partition coefficient (Wildman–Crippen LogP) is 0.910.